The van der Waals surface area contributed by atoms with Crippen molar-refractivity contribution in [3.05, 3.63) is 29.8 Å². The van der Waals surface area contributed by atoms with Gasteiger partial charge in [-0.3, -0.25) is 4.90 Å². The third kappa shape index (κ3) is 4.57. The molecule has 1 fully saturated rings. The first-order chi connectivity index (χ1) is 9.88. The Morgan fingerprint density at radius 2 is 1.86 bits per heavy atom. The van der Waals surface area contributed by atoms with Gasteiger partial charge < -0.3 is 10.0 Å². The van der Waals surface area contributed by atoms with Crippen molar-refractivity contribution in [1.82, 2.24) is 4.90 Å². The average Bonchev–Trinajstić information content (AvgIpc) is 2.64. The normalized spacial score (nSPS) is 21.1. The third-order valence-electron chi connectivity index (χ3n) is 4.77. The predicted molar refractivity (Wildman–Crippen MR) is 88.3 cm³/mol. The zero-order valence-corrected chi connectivity index (χ0v) is 13.5. The lowest BCUT2D eigenvalue weighted by Gasteiger charge is -2.30. The Bertz CT molecular complexity index is 456. The maximum absolute atomic E-state index is 9.48. The van der Waals surface area contributed by atoms with E-state index in [1.807, 2.05) is 18.2 Å². The van der Waals surface area contributed by atoms with Gasteiger partial charge in [-0.25, -0.2) is 0 Å². The highest BCUT2D eigenvalue weighted by molar-refractivity contribution is 6.59. The lowest BCUT2D eigenvalue weighted by Crippen LogP contribution is -2.36. The Balaban J connectivity index is 2.01. The lowest BCUT2D eigenvalue weighted by molar-refractivity contribution is 0.206. The van der Waals surface area contributed by atoms with Gasteiger partial charge in [0.25, 0.3) is 0 Å². The van der Waals surface area contributed by atoms with E-state index in [9.17, 15) is 10.0 Å². The van der Waals surface area contributed by atoms with Gasteiger partial charge in [0.1, 0.15) is 0 Å². The highest BCUT2D eigenvalue weighted by Crippen LogP contribution is 2.34. The third-order valence-corrected chi connectivity index (χ3v) is 4.77. The van der Waals surface area contributed by atoms with E-state index in [-0.39, 0.29) is 0 Å². The Hall–Kier alpha value is -0.835. The summed E-state index contributed by atoms with van der Waals surface area (Å²) in [6.45, 7) is 10.0. The summed E-state index contributed by atoms with van der Waals surface area (Å²) in [7, 11) is -1.38. The van der Waals surface area contributed by atoms with Crippen molar-refractivity contribution in [2.45, 2.75) is 46.6 Å². The Labute approximate surface area is 129 Å². The van der Waals surface area contributed by atoms with Gasteiger partial charge in [0.2, 0.25) is 0 Å². The molecular formula is C17H28BNO2. The van der Waals surface area contributed by atoms with E-state index in [4.69, 9.17) is 0 Å². The smallest absolute Gasteiger partial charge is 0.423 e. The predicted octanol–water partition coefficient (Wildman–Crippen LogP) is 2.01. The Morgan fingerprint density at radius 1 is 1.14 bits per heavy atom. The van der Waals surface area contributed by atoms with Gasteiger partial charge >= 0.3 is 7.12 Å². The maximum Gasteiger partial charge on any atom is 0.488 e. The molecule has 1 atom stereocenters. The zero-order valence-electron chi connectivity index (χ0n) is 13.5. The van der Waals surface area contributed by atoms with E-state index in [1.165, 1.54) is 19.3 Å². The molecule has 0 amide bonds. The minimum atomic E-state index is -1.38. The van der Waals surface area contributed by atoms with Gasteiger partial charge in [-0.05, 0) is 54.7 Å². The van der Waals surface area contributed by atoms with Crippen LogP contribution in [0.25, 0.3) is 0 Å². The van der Waals surface area contributed by atoms with E-state index in [0.29, 0.717) is 10.9 Å². The molecule has 1 unspecified atom stereocenters. The highest BCUT2D eigenvalue weighted by Gasteiger charge is 2.27. The van der Waals surface area contributed by atoms with Crippen molar-refractivity contribution in [2.75, 3.05) is 13.1 Å². The summed E-state index contributed by atoms with van der Waals surface area (Å²) < 4.78 is 0. The van der Waals surface area contributed by atoms with Crippen molar-refractivity contribution in [1.29, 1.82) is 0 Å². The van der Waals surface area contributed by atoms with Crippen molar-refractivity contribution in [3.8, 4) is 0 Å². The van der Waals surface area contributed by atoms with E-state index in [1.54, 1.807) is 6.07 Å². The topological polar surface area (TPSA) is 43.7 Å². The lowest BCUT2D eigenvalue weighted by atomic mass is 9.76. The molecule has 0 aromatic heterocycles. The van der Waals surface area contributed by atoms with Crippen molar-refractivity contribution >= 4 is 12.6 Å². The molecule has 2 N–H and O–H groups in total. The second-order valence-corrected chi connectivity index (χ2v) is 7.34. The number of benzene rings is 1. The van der Waals surface area contributed by atoms with E-state index < -0.39 is 7.12 Å². The SMILES string of the molecule is CC(C)(C)C1CCCN(Cc2ccccc2B(O)O)CC1. The molecule has 0 bridgehead atoms. The molecule has 1 aliphatic heterocycles. The first-order valence-corrected chi connectivity index (χ1v) is 8.04. The van der Waals surface area contributed by atoms with Gasteiger partial charge in [0, 0.05) is 6.54 Å². The summed E-state index contributed by atoms with van der Waals surface area (Å²) >= 11 is 0. The summed E-state index contributed by atoms with van der Waals surface area (Å²) in [6.07, 6.45) is 3.75. The van der Waals surface area contributed by atoms with Crippen LogP contribution in [0.15, 0.2) is 24.3 Å². The molecule has 0 saturated carbocycles. The first kappa shape index (κ1) is 16.5. The van der Waals surface area contributed by atoms with Crippen LogP contribution in [0.2, 0.25) is 0 Å². The molecule has 0 spiro atoms. The average molecular weight is 289 g/mol. The Kier molecular flexibility index (Phi) is 5.47. The van der Waals surface area contributed by atoms with Crippen LogP contribution in [0.5, 0.6) is 0 Å². The van der Waals surface area contributed by atoms with E-state index in [0.717, 1.165) is 31.1 Å². The molecule has 1 saturated heterocycles. The standard InChI is InChI=1S/C17H28BNO2/c1-17(2,3)15-8-6-11-19(12-10-15)13-14-7-4-5-9-16(14)18(20)21/h4-5,7,9,15,20-21H,6,8,10-13H2,1-3H3. The summed E-state index contributed by atoms with van der Waals surface area (Å²) in [5.41, 5.74) is 2.05. The van der Waals surface area contributed by atoms with Crippen LogP contribution in [-0.4, -0.2) is 35.2 Å². The quantitative estimate of drug-likeness (QED) is 0.837. The molecule has 0 radical (unpaired) electrons. The molecule has 1 heterocycles. The molecule has 116 valence electrons. The minimum Gasteiger partial charge on any atom is -0.423 e. The largest absolute Gasteiger partial charge is 0.488 e. The van der Waals surface area contributed by atoms with Crippen molar-refractivity contribution in [3.63, 3.8) is 0 Å². The van der Waals surface area contributed by atoms with Gasteiger partial charge in [-0.2, -0.15) is 0 Å². The van der Waals surface area contributed by atoms with Gasteiger partial charge in [-0.15, -0.1) is 0 Å². The summed E-state index contributed by atoms with van der Waals surface area (Å²) in [5.74, 6) is 0.779. The maximum atomic E-state index is 9.48. The van der Waals surface area contributed by atoms with Crippen LogP contribution in [0.4, 0.5) is 0 Å². The minimum absolute atomic E-state index is 0.384. The Morgan fingerprint density at radius 3 is 2.52 bits per heavy atom. The molecule has 4 heteroatoms. The summed E-state index contributed by atoms with van der Waals surface area (Å²) in [5, 5.41) is 19.0. The van der Waals surface area contributed by atoms with Crippen molar-refractivity contribution < 1.29 is 10.0 Å². The molecule has 1 aliphatic rings. The van der Waals surface area contributed by atoms with Crippen LogP contribution in [-0.2, 0) is 6.54 Å². The van der Waals surface area contributed by atoms with Crippen LogP contribution < -0.4 is 5.46 Å². The monoisotopic (exact) mass is 289 g/mol. The van der Waals surface area contributed by atoms with E-state index in [2.05, 4.69) is 25.7 Å². The zero-order chi connectivity index (χ0) is 15.5. The second-order valence-electron chi connectivity index (χ2n) is 7.34. The molecule has 21 heavy (non-hydrogen) atoms. The molecule has 3 nitrogen and oxygen atoms in total. The molecular weight excluding hydrogens is 261 g/mol. The number of nitrogens with zero attached hydrogens (tertiary/aromatic N) is 1. The fourth-order valence-electron chi connectivity index (χ4n) is 3.35. The molecule has 1 aromatic rings. The van der Waals surface area contributed by atoms with Crippen LogP contribution >= 0.6 is 0 Å². The molecule has 0 aliphatic carbocycles. The van der Waals surface area contributed by atoms with Crippen LogP contribution in [0, 0.1) is 11.3 Å². The summed E-state index contributed by atoms with van der Waals surface area (Å²) in [4.78, 5) is 2.45. The van der Waals surface area contributed by atoms with Gasteiger partial charge in [-0.1, -0.05) is 45.0 Å². The number of likely N-dealkylation sites (tertiary alicyclic amines) is 1. The molecule has 2 rings (SSSR count). The summed E-state index contributed by atoms with van der Waals surface area (Å²) in [6, 6.07) is 7.63. The number of hydrogen-bond acceptors (Lipinski definition) is 3. The number of rotatable bonds is 3. The van der Waals surface area contributed by atoms with Gasteiger partial charge in [0.05, 0.1) is 0 Å². The van der Waals surface area contributed by atoms with Gasteiger partial charge in [0.15, 0.2) is 0 Å². The molecule has 1 aromatic carbocycles. The fraction of sp³-hybridized carbons (Fsp3) is 0.647. The van der Waals surface area contributed by atoms with Crippen molar-refractivity contribution in [2.24, 2.45) is 11.3 Å². The van der Waals surface area contributed by atoms with Crippen LogP contribution in [0.1, 0.15) is 45.6 Å². The highest BCUT2D eigenvalue weighted by atomic mass is 16.4. The van der Waals surface area contributed by atoms with Crippen LogP contribution in [0.3, 0.4) is 0 Å². The van der Waals surface area contributed by atoms with E-state index >= 15 is 0 Å². The number of hydrogen-bond donors (Lipinski definition) is 2. The first-order valence-electron chi connectivity index (χ1n) is 8.04. The fourth-order valence-corrected chi connectivity index (χ4v) is 3.35. The second kappa shape index (κ2) is 6.95.